The Hall–Kier alpha value is -2.12. The van der Waals surface area contributed by atoms with Crippen LogP contribution in [0.3, 0.4) is 0 Å². The topological polar surface area (TPSA) is 88.6 Å². The number of halogens is 2. The summed E-state index contributed by atoms with van der Waals surface area (Å²) in [5.41, 5.74) is 6.14. The standard InChI is InChI=1S/C20H21ClFN3O3/c1-9-13-16(25(10-2-3-10)6-11(18(13)26)19(27)28)14(21)17(15(9)22)24-7-12(23)20(8-24)4-5-20/h6,10,12H,2-5,7-8,23H2,1H3,(H,27,28)/t12-/m0/s1. The summed E-state index contributed by atoms with van der Waals surface area (Å²) in [4.78, 5) is 26.3. The molecule has 0 unspecified atom stereocenters. The van der Waals surface area contributed by atoms with Gasteiger partial charge in [-0.2, -0.15) is 0 Å². The highest BCUT2D eigenvalue weighted by Gasteiger charge is 2.54. The van der Waals surface area contributed by atoms with Crippen LogP contribution in [0.1, 0.15) is 47.6 Å². The fourth-order valence-corrected chi connectivity index (χ4v) is 5.02. The summed E-state index contributed by atoms with van der Waals surface area (Å²) in [5.74, 6) is -1.88. The average Bonchev–Trinajstić information content (AvgIpc) is 3.53. The van der Waals surface area contributed by atoms with Crippen LogP contribution in [-0.4, -0.2) is 34.8 Å². The molecule has 1 saturated heterocycles. The van der Waals surface area contributed by atoms with E-state index in [-0.39, 0.29) is 44.7 Å². The molecule has 3 aliphatic rings. The minimum atomic E-state index is -1.32. The number of aromatic carboxylic acids is 1. The van der Waals surface area contributed by atoms with Crippen LogP contribution in [0.2, 0.25) is 5.02 Å². The van der Waals surface area contributed by atoms with E-state index in [0.717, 1.165) is 25.7 Å². The minimum Gasteiger partial charge on any atom is -0.477 e. The number of pyridine rings is 1. The van der Waals surface area contributed by atoms with Crippen molar-refractivity contribution in [2.45, 2.75) is 44.7 Å². The van der Waals surface area contributed by atoms with E-state index in [1.165, 1.54) is 13.1 Å². The van der Waals surface area contributed by atoms with Crippen molar-refractivity contribution in [1.82, 2.24) is 4.57 Å². The van der Waals surface area contributed by atoms with E-state index in [1.54, 1.807) is 4.57 Å². The van der Waals surface area contributed by atoms with E-state index in [4.69, 9.17) is 17.3 Å². The SMILES string of the molecule is Cc1c(F)c(N2C[C@H](N)C3(CC3)C2)c(Cl)c2c1c(=O)c(C(=O)O)cn2C1CC1. The van der Waals surface area contributed by atoms with E-state index in [2.05, 4.69) is 0 Å². The predicted molar refractivity (Wildman–Crippen MR) is 105 cm³/mol. The number of rotatable bonds is 3. The van der Waals surface area contributed by atoms with Gasteiger partial charge in [0.25, 0.3) is 0 Å². The van der Waals surface area contributed by atoms with Crippen molar-refractivity contribution in [2.24, 2.45) is 11.1 Å². The monoisotopic (exact) mass is 405 g/mol. The van der Waals surface area contributed by atoms with Gasteiger partial charge in [-0.05, 0) is 32.6 Å². The van der Waals surface area contributed by atoms with Gasteiger partial charge in [0.2, 0.25) is 5.43 Å². The van der Waals surface area contributed by atoms with Crippen LogP contribution in [0, 0.1) is 18.2 Å². The van der Waals surface area contributed by atoms with Crippen LogP contribution in [0.25, 0.3) is 10.9 Å². The van der Waals surface area contributed by atoms with E-state index in [9.17, 15) is 14.7 Å². The van der Waals surface area contributed by atoms with Gasteiger partial charge in [-0.25, -0.2) is 9.18 Å². The lowest BCUT2D eigenvalue weighted by atomic mass is 10.0. The normalized spacial score (nSPS) is 23.0. The number of carboxylic acid groups (broad SMARTS) is 1. The van der Waals surface area contributed by atoms with E-state index >= 15 is 4.39 Å². The number of aromatic nitrogens is 1. The van der Waals surface area contributed by atoms with Crippen molar-refractivity contribution < 1.29 is 14.3 Å². The van der Waals surface area contributed by atoms with Crippen LogP contribution >= 0.6 is 11.6 Å². The molecule has 0 bridgehead atoms. The van der Waals surface area contributed by atoms with Gasteiger partial charge < -0.3 is 20.3 Å². The van der Waals surface area contributed by atoms with Crippen LogP contribution < -0.4 is 16.1 Å². The maximum absolute atomic E-state index is 15.4. The Labute approximate surface area is 165 Å². The molecule has 1 aromatic heterocycles. The number of aryl methyl sites for hydroxylation is 1. The number of nitrogens with two attached hydrogens (primary N) is 1. The molecule has 0 radical (unpaired) electrons. The minimum absolute atomic E-state index is 0.0287. The van der Waals surface area contributed by atoms with Gasteiger partial charge in [0.05, 0.1) is 21.6 Å². The molecule has 3 fully saturated rings. The first-order valence-electron chi connectivity index (χ1n) is 9.55. The molecule has 2 saturated carbocycles. The third kappa shape index (κ3) is 2.35. The van der Waals surface area contributed by atoms with Crippen molar-refractivity contribution in [2.75, 3.05) is 18.0 Å². The van der Waals surface area contributed by atoms with Gasteiger partial charge in [0.15, 0.2) is 5.82 Å². The molecule has 8 heteroatoms. The van der Waals surface area contributed by atoms with Crippen molar-refractivity contribution in [3.05, 3.63) is 38.4 Å². The molecule has 1 aromatic carbocycles. The van der Waals surface area contributed by atoms with Gasteiger partial charge >= 0.3 is 5.97 Å². The molecule has 0 amide bonds. The molecule has 1 atom stereocenters. The molecule has 5 rings (SSSR count). The Kier molecular flexibility index (Phi) is 3.65. The first-order chi connectivity index (χ1) is 13.2. The molecule has 1 aliphatic heterocycles. The summed E-state index contributed by atoms with van der Waals surface area (Å²) in [6.07, 6.45) is 5.17. The fourth-order valence-electron chi connectivity index (χ4n) is 4.62. The molecule has 148 valence electrons. The first-order valence-corrected chi connectivity index (χ1v) is 9.93. The predicted octanol–water partition coefficient (Wildman–Crippen LogP) is 3.06. The maximum Gasteiger partial charge on any atom is 0.341 e. The summed E-state index contributed by atoms with van der Waals surface area (Å²) in [6, 6.07) is 0.0472. The van der Waals surface area contributed by atoms with Gasteiger partial charge in [-0.15, -0.1) is 0 Å². The second kappa shape index (κ2) is 5.70. The molecule has 1 spiro atoms. The highest BCUT2D eigenvalue weighted by molar-refractivity contribution is 6.38. The molecule has 2 aromatic rings. The summed E-state index contributed by atoms with van der Waals surface area (Å²) >= 11 is 6.71. The van der Waals surface area contributed by atoms with Crippen LogP contribution in [0.15, 0.2) is 11.0 Å². The van der Waals surface area contributed by atoms with E-state index in [1.807, 2.05) is 4.90 Å². The van der Waals surface area contributed by atoms with Crippen molar-refractivity contribution in [1.29, 1.82) is 0 Å². The Morgan fingerprint density at radius 1 is 1.39 bits per heavy atom. The molecular weight excluding hydrogens is 385 g/mol. The zero-order valence-electron chi connectivity index (χ0n) is 15.5. The van der Waals surface area contributed by atoms with Gasteiger partial charge in [0, 0.05) is 42.3 Å². The Balaban J connectivity index is 1.81. The molecule has 2 heterocycles. The lowest BCUT2D eigenvalue weighted by molar-refractivity contribution is 0.0695. The smallest absolute Gasteiger partial charge is 0.341 e. The third-order valence-corrected chi connectivity index (χ3v) is 7.01. The Morgan fingerprint density at radius 2 is 2.07 bits per heavy atom. The largest absolute Gasteiger partial charge is 0.477 e. The molecule has 2 aliphatic carbocycles. The number of hydrogen-bond donors (Lipinski definition) is 2. The van der Waals surface area contributed by atoms with E-state index in [0.29, 0.717) is 18.6 Å². The lowest BCUT2D eigenvalue weighted by Gasteiger charge is -2.24. The first kappa shape index (κ1) is 17.9. The highest BCUT2D eigenvalue weighted by Crippen LogP contribution is 2.54. The van der Waals surface area contributed by atoms with Crippen LogP contribution in [0.5, 0.6) is 0 Å². The van der Waals surface area contributed by atoms with Crippen LogP contribution in [0.4, 0.5) is 10.1 Å². The van der Waals surface area contributed by atoms with Crippen molar-refractivity contribution in [3.63, 3.8) is 0 Å². The highest BCUT2D eigenvalue weighted by atomic mass is 35.5. The maximum atomic E-state index is 15.4. The van der Waals surface area contributed by atoms with Crippen molar-refractivity contribution in [3.8, 4) is 0 Å². The number of nitrogens with zero attached hydrogens (tertiary/aromatic N) is 2. The third-order valence-electron chi connectivity index (χ3n) is 6.65. The summed E-state index contributed by atoms with van der Waals surface area (Å²) in [5, 5.41) is 9.67. The van der Waals surface area contributed by atoms with Crippen molar-refractivity contribution >= 4 is 34.2 Å². The zero-order valence-corrected chi connectivity index (χ0v) is 16.2. The number of carboxylic acids is 1. The zero-order chi connectivity index (χ0) is 20.0. The second-order valence-corrected chi connectivity index (χ2v) is 8.87. The number of carbonyl (C=O) groups is 1. The molecule has 6 nitrogen and oxygen atoms in total. The number of hydrogen-bond acceptors (Lipinski definition) is 4. The van der Waals surface area contributed by atoms with Gasteiger partial charge in [0.1, 0.15) is 5.56 Å². The number of fused-ring (bicyclic) bond motifs is 1. The summed E-state index contributed by atoms with van der Waals surface area (Å²) in [6.45, 7) is 2.68. The second-order valence-electron chi connectivity index (χ2n) is 8.49. The van der Waals surface area contributed by atoms with Gasteiger partial charge in [-0.3, -0.25) is 4.79 Å². The average molecular weight is 406 g/mol. The van der Waals surface area contributed by atoms with Gasteiger partial charge in [-0.1, -0.05) is 11.6 Å². The molecular formula is C20H21ClFN3O3. The Bertz CT molecular complexity index is 1100. The lowest BCUT2D eigenvalue weighted by Crippen LogP contribution is -2.30. The number of benzene rings is 1. The quantitative estimate of drug-likeness (QED) is 0.819. The fraction of sp³-hybridized carbons (Fsp3) is 0.500. The summed E-state index contributed by atoms with van der Waals surface area (Å²) in [7, 11) is 0. The Morgan fingerprint density at radius 3 is 2.61 bits per heavy atom. The summed E-state index contributed by atoms with van der Waals surface area (Å²) < 4.78 is 17.2. The number of anilines is 1. The molecule has 28 heavy (non-hydrogen) atoms. The van der Waals surface area contributed by atoms with E-state index < -0.39 is 17.2 Å². The van der Waals surface area contributed by atoms with Crippen LogP contribution in [-0.2, 0) is 0 Å². The molecule has 3 N–H and O–H groups in total.